The summed E-state index contributed by atoms with van der Waals surface area (Å²) in [7, 11) is 0. The van der Waals surface area contributed by atoms with Crippen LogP contribution in [0.4, 0.5) is 4.79 Å². The second-order valence-electron chi connectivity index (χ2n) is 6.25. The average Bonchev–Trinajstić information content (AvgIpc) is 3.13. The molecule has 0 aliphatic carbocycles. The van der Waals surface area contributed by atoms with Crippen molar-refractivity contribution in [2.75, 3.05) is 19.7 Å². The van der Waals surface area contributed by atoms with Gasteiger partial charge in [0, 0.05) is 30.6 Å². The van der Waals surface area contributed by atoms with E-state index >= 15 is 0 Å². The molecule has 2 N–H and O–H groups in total. The van der Waals surface area contributed by atoms with Gasteiger partial charge in [-0.15, -0.1) is 11.3 Å². The van der Waals surface area contributed by atoms with E-state index in [4.69, 9.17) is 0 Å². The van der Waals surface area contributed by atoms with Crippen LogP contribution < -0.4 is 5.32 Å². The number of likely N-dealkylation sites (tertiary alicyclic amines) is 1. The summed E-state index contributed by atoms with van der Waals surface area (Å²) in [5, 5.41) is 15.2. The van der Waals surface area contributed by atoms with Crippen molar-refractivity contribution in [3.63, 3.8) is 0 Å². The van der Waals surface area contributed by atoms with E-state index in [-0.39, 0.29) is 24.6 Å². The van der Waals surface area contributed by atoms with Gasteiger partial charge in [-0.3, -0.25) is 0 Å². The minimum absolute atomic E-state index is 0.0721. The maximum Gasteiger partial charge on any atom is 0.317 e. The summed E-state index contributed by atoms with van der Waals surface area (Å²) < 4.78 is 0. The predicted octanol–water partition coefficient (Wildman–Crippen LogP) is 3.29. The first-order chi connectivity index (χ1) is 11.7. The number of hydrogen-bond acceptors (Lipinski definition) is 4. The van der Waals surface area contributed by atoms with Crippen LogP contribution in [-0.2, 0) is 0 Å². The lowest BCUT2D eigenvalue weighted by Gasteiger charge is -2.32. The molecule has 2 amide bonds. The smallest absolute Gasteiger partial charge is 0.317 e. The van der Waals surface area contributed by atoms with E-state index in [2.05, 4.69) is 10.3 Å². The first-order valence-electron chi connectivity index (χ1n) is 8.34. The van der Waals surface area contributed by atoms with Crippen molar-refractivity contribution in [1.82, 2.24) is 15.2 Å². The van der Waals surface area contributed by atoms with Crippen LogP contribution in [0, 0.1) is 5.92 Å². The zero-order chi connectivity index (χ0) is 16.9. The van der Waals surface area contributed by atoms with Gasteiger partial charge in [0.1, 0.15) is 5.01 Å². The van der Waals surface area contributed by atoms with Crippen molar-refractivity contribution in [3.8, 4) is 11.3 Å². The molecule has 0 radical (unpaired) electrons. The van der Waals surface area contributed by atoms with Crippen LogP contribution in [0.15, 0.2) is 35.7 Å². The lowest BCUT2D eigenvalue weighted by atomic mass is 9.99. The fourth-order valence-electron chi connectivity index (χ4n) is 2.96. The highest BCUT2D eigenvalue weighted by Gasteiger charge is 2.24. The normalized spacial score (nSPS) is 19.1. The molecule has 0 unspecified atom stereocenters. The molecular weight excluding hydrogens is 322 g/mol. The second-order valence-corrected chi connectivity index (χ2v) is 7.13. The lowest BCUT2D eigenvalue weighted by molar-refractivity contribution is 0.128. The van der Waals surface area contributed by atoms with E-state index in [0.717, 1.165) is 35.7 Å². The number of amides is 2. The number of thiazole rings is 1. The number of nitrogens with one attached hydrogen (secondary N) is 1. The molecule has 1 aromatic heterocycles. The first kappa shape index (κ1) is 16.9. The monoisotopic (exact) mass is 345 g/mol. The third kappa shape index (κ3) is 3.94. The fraction of sp³-hybridized carbons (Fsp3) is 0.444. The van der Waals surface area contributed by atoms with Gasteiger partial charge in [-0.2, -0.15) is 0 Å². The van der Waals surface area contributed by atoms with Crippen molar-refractivity contribution >= 4 is 17.4 Å². The molecule has 128 valence electrons. The fourth-order valence-corrected chi connectivity index (χ4v) is 3.80. The van der Waals surface area contributed by atoms with Crippen molar-refractivity contribution in [1.29, 1.82) is 0 Å². The van der Waals surface area contributed by atoms with Crippen molar-refractivity contribution < 1.29 is 9.90 Å². The topological polar surface area (TPSA) is 65.5 Å². The van der Waals surface area contributed by atoms with Gasteiger partial charge in [-0.25, -0.2) is 9.78 Å². The minimum Gasteiger partial charge on any atom is -0.396 e. The maximum absolute atomic E-state index is 12.4. The second kappa shape index (κ2) is 7.77. The molecule has 1 aliphatic rings. The molecular formula is C18H23N3O2S. The summed E-state index contributed by atoms with van der Waals surface area (Å²) in [6.07, 6.45) is 1.94. The van der Waals surface area contributed by atoms with E-state index in [1.807, 2.05) is 42.6 Å². The number of aliphatic hydroxyl groups is 1. The number of hydrogen-bond donors (Lipinski definition) is 2. The number of urea groups is 1. The lowest BCUT2D eigenvalue weighted by Crippen LogP contribution is -2.46. The number of aliphatic hydroxyl groups excluding tert-OH is 1. The maximum atomic E-state index is 12.4. The Kier molecular flexibility index (Phi) is 5.48. The molecule has 3 rings (SSSR count). The third-order valence-electron chi connectivity index (χ3n) is 4.37. The molecule has 1 aromatic carbocycles. The van der Waals surface area contributed by atoms with Crippen LogP contribution in [0.25, 0.3) is 11.3 Å². The van der Waals surface area contributed by atoms with Crippen LogP contribution in [0.5, 0.6) is 0 Å². The Bertz CT molecular complexity index is 674. The average molecular weight is 345 g/mol. The van der Waals surface area contributed by atoms with Gasteiger partial charge in [0.2, 0.25) is 0 Å². The molecule has 2 atom stereocenters. The Morgan fingerprint density at radius 2 is 2.25 bits per heavy atom. The summed E-state index contributed by atoms with van der Waals surface area (Å²) in [6, 6.07) is 9.83. The van der Waals surface area contributed by atoms with E-state index in [1.165, 1.54) is 0 Å². The Labute approximate surface area is 146 Å². The quantitative estimate of drug-likeness (QED) is 0.894. The van der Waals surface area contributed by atoms with E-state index in [0.29, 0.717) is 6.54 Å². The summed E-state index contributed by atoms with van der Waals surface area (Å²) in [5.41, 5.74) is 2.02. The van der Waals surface area contributed by atoms with Gasteiger partial charge >= 0.3 is 6.03 Å². The largest absolute Gasteiger partial charge is 0.396 e. The number of nitrogens with zero attached hydrogens (tertiary/aromatic N) is 2. The Morgan fingerprint density at radius 3 is 3.00 bits per heavy atom. The van der Waals surface area contributed by atoms with Crippen molar-refractivity contribution in [3.05, 3.63) is 40.7 Å². The molecule has 1 aliphatic heterocycles. The molecule has 2 heterocycles. The molecule has 5 nitrogen and oxygen atoms in total. The highest BCUT2D eigenvalue weighted by Crippen LogP contribution is 2.25. The van der Waals surface area contributed by atoms with E-state index < -0.39 is 0 Å². The summed E-state index contributed by atoms with van der Waals surface area (Å²) >= 11 is 1.56. The SMILES string of the molecule is C[C@@H](NC(=O)N1CCC[C@@H](CO)C1)c1nc(-c2ccccc2)cs1. The van der Waals surface area contributed by atoms with Crippen LogP contribution in [0.3, 0.4) is 0 Å². The summed E-state index contributed by atoms with van der Waals surface area (Å²) in [6.45, 7) is 3.48. The number of carbonyl (C=O) groups is 1. The Morgan fingerprint density at radius 1 is 1.46 bits per heavy atom. The summed E-state index contributed by atoms with van der Waals surface area (Å²) in [5.74, 6) is 0.198. The first-order valence-corrected chi connectivity index (χ1v) is 9.22. The van der Waals surface area contributed by atoms with Gasteiger partial charge in [0.05, 0.1) is 11.7 Å². The van der Waals surface area contributed by atoms with Gasteiger partial charge in [0.15, 0.2) is 0 Å². The van der Waals surface area contributed by atoms with Crippen molar-refractivity contribution in [2.45, 2.75) is 25.8 Å². The highest BCUT2D eigenvalue weighted by atomic mass is 32.1. The van der Waals surface area contributed by atoms with Crippen LogP contribution in [0.1, 0.15) is 30.8 Å². The number of rotatable bonds is 4. The molecule has 24 heavy (non-hydrogen) atoms. The molecule has 1 saturated heterocycles. The molecule has 6 heteroatoms. The molecule has 2 aromatic rings. The van der Waals surface area contributed by atoms with Crippen molar-refractivity contribution in [2.24, 2.45) is 5.92 Å². The number of aromatic nitrogens is 1. The van der Waals surface area contributed by atoms with Crippen LogP contribution in [-0.4, -0.2) is 40.7 Å². The molecule has 1 fully saturated rings. The van der Waals surface area contributed by atoms with Crippen LogP contribution >= 0.6 is 11.3 Å². The van der Waals surface area contributed by atoms with Crippen LogP contribution in [0.2, 0.25) is 0 Å². The van der Waals surface area contributed by atoms with Gasteiger partial charge < -0.3 is 15.3 Å². The molecule has 0 bridgehead atoms. The van der Waals surface area contributed by atoms with Gasteiger partial charge in [-0.1, -0.05) is 30.3 Å². The number of benzene rings is 1. The summed E-state index contributed by atoms with van der Waals surface area (Å²) in [4.78, 5) is 18.9. The third-order valence-corrected chi connectivity index (χ3v) is 5.39. The Hall–Kier alpha value is -1.92. The highest BCUT2D eigenvalue weighted by molar-refractivity contribution is 7.10. The Balaban J connectivity index is 1.61. The number of carbonyl (C=O) groups excluding carboxylic acids is 1. The molecule has 0 spiro atoms. The molecule has 0 saturated carbocycles. The zero-order valence-electron chi connectivity index (χ0n) is 13.8. The number of piperidine rings is 1. The minimum atomic E-state index is -0.130. The van der Waals surface area contributed by atoms with E-state index in [9.17, 15) is 9.90 Å². The van der Waals surface area contributed by atoms with Gasteiger partial charge in [-0.05, 0) is 25.7 Å². The van der Waals surface area contributed by atoms with Gasteiger partial charge in [0.25, 0.3) is 0 Å². The predicted molar refractivity (Wildman–Crippen MR) is 95.9 cm³/mol. The zero-order valence-corrected chi connectivity index (χ0v) is 14.6. The standard InChI is InChI=1S/C18H23N3O2S/c1-13(19-18(23)21-9-5-6-14(10-21)11-22)17-20-16(12-24-17)15-7-3-2-4-8-15/h2-4,7-8,12-14,22H,5-6,9-11H2,1H3,(H,19,23)/t13-,14-/m1/s1. The van der Waals surface area contributed by atoms with E-state index in [1.54, 1.807) is 16.2 Å².